The maximum Gasteiger partial charge on any atom is 0.248 e. The molecule has 0 bridgehead atoms. The molecule has 1 rings (SSSR count). The van der Waals surface area contributed by atoms with Crippen LogP contribution in [0.5, 0.6) is 0 Å². The van der Waals surface area contributed by atoms with Crippen molar-refractivity contribution in [3.05, 3.63) is 41.1 Å². The highest BCUT2D eigenvalue weighted by Gasteiger charge is 1.94. The molecule has 0 saturated carbocycles. The lowest BCUT2D eigenvalue weighted by Gasteiger charge is -2.11. The lowest BCUT2D eigenvalue weighted by atomic mass is 10.4. The Hall–Kier alpha value is -1.75. The van der Waals surface area contributed by atoms with Gasteiger partial charge in [-0.2, -0.15) is 0 Å². The van der Waals surface area contributed by atoms with E-state index >= 15 is 0 Å². The Kier molecular flexibility index (Phi) is 2.49. The predicted molar refractivity (Wildman–Crippen MR) is 47.1 cm³/mol. The van der Waals surface area contributed by atoms with Gasteiger partial charge >= 0.3 is 0 Å². The van der Waals surface area contributed by atoms with Crippen LogP contribution in [0.4, 0.5) is 5.69 Å². The summed E-state index contributed by atoms with van der Waals surface area (Å²) in [6.45, 7) is 0. The first-order valence-electron chi connectivity index (χ1n) is 3.35. The Morgan fingerprint density at radius 2 is 2.25 bits per heavy atom. The predicted octanol–water partition coefficient (Wildman–Crippen LogP) is -0.515. The van der Waals surface area contributed by atoms with Crippen LogP contribution >= 0.6 is 0 Å². The van der Waals surface area contributed by atoms with E-state index in [2.05, 4.69) is 4.98 Å². The highest BCUT2D eigenvalue weighted by Crippen LogP contribution is 2.04. The number of hydrogen-bond acceptors (Lipinski definition) is 4. The molecule has 0 amide bonds. The number of aromatic nitrogens is 1. The molecule has 0 aliphatic heterocycles. The highest BCUT2D eigenvalue weighted by molar-refractivity contribution is 5.44. The Bertz CT molecular complexity index is 310. The molecule has 5 N–H and O–H groups in total. The second-order valence-electron chi connectivity index (χ2n) is 2.16. The molecule has 0 radical (unpaired) electrons. The fraction of sp³-hybridized carbons (Fsp3) is 0. The number of hydrogen-bond donors (Lipinski definition) is 3. The van der Waals surface area contributed by atoms with Gasteiger partial charge in [0.25, 0.3) is 0 Å². The van der Waals surface area contributed by atoms with Crippen LogP contribution in [0.3, 0.4) is 0 Å². The fourth-order valence-corrected chi connectivity index (χ4v) is 0.742. The van der Waals surface area contributed by atoms with Gasteiger partial charge in [-0.15, -0.1) is 0 Å². The number of hydrazine groups is 1. The molecule has 12 heavy (non-hydrogen) atoms. The number of nitrogens with two attached hydrogens (primary N) is 2. The molecular weight excluding hydrogens is 156 g/mol. The topological polar surface area (TPSA) is 88.1 Å². The maximum atomic E-state index is 10.6. The summed E-state index contributed by atoms with van der Waals surface area (Å²) in [4.78, 5) is 13.1. The average molecular weight is 166 g/mol. The Labute approximate surface area is 69.3 Å². The Balaban J connectivity index is 2.89. The van der Waals surface area contributed by atoms with Gasteiger partial charge in [0.05, 0.1) is 5.69 Å². The summed E-state index contributed by atoms with van der Waals surface area (Å²) < 4.78 is 0. The van der Waals surface area contributed by atoms with E-state index in [1.807, 2.05) is 0 Å². The van der Waals surface area contributed by atoms with Crippen LogP contribution in [0.15, 0.2) is 35.5 Å². The molecule has 0 spiro atoms. The van der Waals surface area contributed by atoms with E-state index in [1.165, 1.54) is 29.7 Å². The molecule has 0 aliphatic carbocycles. The Morgan fingerprint density at radius 3 is 2.75 bits per heavy atom. The molecule has 0 unspecified atom stereocenters. The SMILES string of the molecule is N/C=C\N(N)c1ccc(=O)[nH]c1. The van der Waals surface area contributed by atoms with E-state index < -0.39 is 0 Å². The van der Waals surface area contributed by atoms with Crippen LogP contribution in [0.25, 0.3) is 0 Å². The number of nitrogens with one attached hydrogen (secondary N) is 1. The summed E-state index contributed by atoms with van der Waals surface area (Å²) >= 11 is 0. The minimum atomic E-state index is -0.163. The summed E-state index contributed by atoms with van der Waals surface area (Å²) in [5, 5.41) is 1.30. The number of pyridine rings is 1. The van der Waals surface area contributed by atoms with Crippen molar-refractivity contribution in [1.82, 2.24) is 4.98 Å². The van der Waals surface area contributed by atoms with Gasteiger partial charge in [0, 0.05) is 24.7 Å². The number of aromatic amines is 1. The lowest BCUT2D eigenvalue weighted by Crippen LogP contribution is -2.25. The number of nitrogens with zero attached hydrogens (tertiary/aromatic N) is 1. The summed E-state index contributed by atoms with van der Waals surface area (Å²) in [6, 6.07) is 2.98. The molecule has 0 atom stereocenters. The van der Waals surface area contributed by atoms with Crippen LogP contribution in [-0.2, 0) is 0 Å². The highest BCUT2D eigenvalue weighted by atomic mass is 16.1. The minimum absolute atomic E-state index is 0.163. The van der Waals surface area contributed by atoms with Crippen molar-refractivity contribution in [2.45, 2.75) is 0 Å². The van der Waals surface area contributed by atoms with E-state index in [0.29, 0.717) is 5.69 Å². The van der Waals surface area contributed by atoms with E-state index in [0.717, 1.165) is 0 Å². The number of anilines is 1. The third kappa shape index (κ3) is 1.86. The molecule has 0 aliphatic rings. The molecule has 5 nitrogen and oxygen atoms in total. The van der Waals surface area contributed by atoms with Gasteiger partial charge in [0.15, 0.2) is 0 Å². The van der Waals surface area contributed by atoms with E-state index in [-0.39, 0.29) is 5.56 Å². The van der Waals surface area contributed by atoms with Gasteiger partial charge in [0.1, 0.15) is 0 Å². The molecule has 0 fully saturated rings. The monoisotopic (exact) mass is 166 g/mol. The van der Waals surface area contributed by atoms with Crippen LogP contribution in [-0.4, -0.2) is 4.98 Å². The zero-order valence-corrected chi connectivity index (χ0v) is 6.40. The fourth-order valence-electron chi connectivity index (χ4n) is 0.742. The summed E-state index contributed by atoms with van der Waals surface area (Å²) in [6.07, 6.45) is 4.29. The summed E-state index contributed by atoms with van der Waals surface area (Å²) in [7, 11) is 0. The van der Waals surface area contributed by atoms with Gasteiger partial charge in [-0.1, -0.05) is 0 Å². The van der Waals surface area contributed by atoms with Crippen molar-refractivity contribution in [3.63, 3.8) is 0 Å². The van der Waals surface area contributed by atoms with Crippen molar-refractivity contribution in [3.8, 4) is 0 Å². The first-order valence-corrected chi connectivity index (χ1v) is 3.35. The van der Waals surface area contributed by atoms with E-state index in [1.54, 1.807) is 6.07 Å². The number of rotatable bonds is 2. The van der Waals surface area contributed by atoms with Crippen LogP contribution < -0.4 is 22.1 Å². The zero-order chi connectivity index (χ0) is 8.97. The van der Waals surface area contributed by atoms with Crippen molar-refractivity contribution in [1.29, 1.82) is 0 Å². The van der Waals surface area contributed by atoms with E-state index in [9.17, 15) is 4.79 Å². The normalized spacial score (nSPS) is 10.4. The van der Waals surface area contributed by atoms with Crippen LogP contribution in [0.2, 0.25) is 0 Å². The number of H-pyrrole nitrogens is 1. The van der Waals surface area contributed by atoms with Crippen molar-refractivity contribution >= 4 is 5.69 Å². The third-order valence-corrected chi connectivity index (χ3v) is 1.31. The molecule has 0 aromatic carbocycles. The van der Waals surface area contributed by atoms with Crippen LogP contribution in [0.1, 0.15) is 0 Å². The standard InChI is InChI=1S/C7H10N4O/c8-3-4-11(9)6-1-2-7(12)10-5-6/h1-5H,8-9H2,(H,10,12)/b4-3-. The molecule has 64 valence electrons. The smallest absolute Gasteiger partial charge is 0.248 e. The minimum Gasteiger partial charge on any atom is -0.403 e. The third-order valence-electron chi connectivity index (χ3n) is 1.31. The maximum absolute atomic E-state index is 10.6. The lowest BCUT2D eigenvalue weighted by molar-refractivity contribution is 1.05. The van der Waals surface area contributed by atoms with Crippen molar-refractivity contribution < 1.29 is 0 Å². The van der Waals surface area contributed by atoms with Crippen LogP contribution in [0, 0.1) is 0 Å². The molecule has 1 heterocycles. The second kappa shape index (κ2) is 3.59. The molecule has 1 aromatic rings. The Morgan fingerprint density at radius 1 is 1.50 bits per heavy atom. The van der Waals surface area contributed by atoms with Gasteiger partial charge in [-0.25, -0.2) is 5.84 Å². The average Bonchev–Trinajstić information content (AvgIpc) is 2.06. The molecular formula is C7H10N4O. The van der Waals surface area contributed by atoms with Crippen molar-refractivity contribution in [2.75, 3.05) is 5.01 Å². The van der Waals surface area contributed by atoms with E-state index in [4.69, 9.17) is 11.6 Å². The molecule has 5 heteroatoms. The molecule has 1 aromatic heterocycles. The zero-order valence-electron chi connectivity index (χ0n) is 6.40. The first kappa shape index (κ1) is 8.35. The van der Waals surface area contributed by atoms with Gasteiger partial charge in [0.2, 0.25) is 5.56 Å². The largest absolute Gasteiger partial charge is 0.403 e. The van der Waals surface area contributed by atoms with Crippen molar-refractivity contribution in [2.24, 2.45) is 11.6 Å². The summed E-state index contributed by atoms with van der Waals surface area (Å²) in [5.74, 6) is 5.50. The van der Waals surface area contributed by atoms with Gasteiger partial charge in [-0.05, 0) is 6.07 Å². The van der Waals surface area contributed by atoms with Gasteiger partial charge < -0.3 is 10.7 Å². The first-order chi connectivity index (χ1) is 5.74. The van der Waals surface area contributed by atoms with Gasteiger partial charge in [-0.3, -0.25) is 9.80 Å². The quantitative estimate of drug-likeness (QED) is 0.407. The second-order valence-corrected chi connectivity index (χ2v) is 2.16. The molecule has 0 saturated heterocycles. The summed E-state index contributed by atoms with van der Waals surface area (Å²) in [5.41, 5.74) is 5.62.